The Labute approximate surface area is 51.7 Å². The van der Waals surface area contributed by atoms with Crippen LogP contribution in [0.4, 0.5) is 5.00 Å². The van der Waals surface area contributed by atoms with E-state index in [1.165, 1.54) is 11.3 Å². The summed E-state index contributed by atoms with van der Waals surface area (Å²) in [5.41, 5.74) is 5.36. The molecule has 0 spiro atoms. The molecule has 42 valence electrons. The number of rotatable bonds is 1. The van der Waals surface area contributed by atoms with Gasteiger partial charge in [0.1, 0.15) is 10.0 Å². The second-order valence-electron chi connectivity index (χ2n) is 1.30. The molecule has 0 aliphatic carbocycles. The normalized spacial score (nSPS) is 9.00. The summed E-state index contributed by atoms with van der Waals surface area (Å²) in [6.07, 6.45) is 3.31. The molecule has 0 aliphatic rings. The molecule has 0 atom stereocenters. The minimum absolute atomic E-state index is 0.736. The summed E-state index contributed by atoms with van der Waals surface area (Å²) < 4.78 is 0. The van der Waals surface area contributed by atoms with Crippen LogP contribution in [-0.2, 0) is 0 Å². The fourth-order valence-corrected chi connectivity index (χ4v) is 0.931. The van der Waals surface area contributed by atoms with E-state index in [0.29, 0.717) is 0 Å². The van der Waals surface area contributed by atoms with Crippen LogP contribution in [0.1, 0.15) is 5.01 Å². The molecule has 3 heteroatoms. The van der Waals surface area contributed by atoms with Gasteiger partial charge in [-0.1, -0.05) is 17.9 Å². The summed E-state index contributed by atoms with van der Waals surface area (Å²) in [6.45, 7) is 3.54. The molecule has 1 rings (SSSR count). The Balaban J connectivity index is 3.00. The van der Waals surface area contributed by atoms with Crippen molar-refractivity contribution >= 4 is 22.4 Å². The van der Waals surface area contributed by atoms with E-state index in [0.717, 1.165) is 10.0 Å². The fourth-order valence-electron chi connectivity index (χ4n) is 0.395. The van der Waals surface area contributed by atoms with Crippen LogP contribution in [0.2, 0.25) is 0 Å². The van der Waals surface area contributed by atoms with Crippen molar-refractivity contribution in [1.82, 2.24) is 4.98 Å². The van der Waals surface area contributed by atoms with Crippen molar-refractivity contribution in [1.29, 1.82) is 0 Å². The molecule has 1 heterocycles. The Morgan fingerprint density at radius 2 is 2.62 bits per heavy atom. The van der Waals surface area contributed by atoms with E-state index in [-0.39, 0.29) is 0 Å². The van der Waals surface area contributed by atoms with Crippen molar-refractivity contribution in [3.8, 4) is 0 Å². The molecular formula is C5H6N2S. The van der Waals surface area contributed by atoms with Crippen molar-refractivity contribution in [3.63, 3.8) is 0 Å². The average molecular weight is 126 g/mol. The molecule has 0 unspecified atom stereocenters. The van der Waals surface area contributed by atoms with Gasteiger partial charge in [0, 0.05) is 0 Å². The van der Waals surface area contributed by atoms with Crippen LogP contribution in [0.5, 0.6) is 0 Å². The van der Waals surface area contributed by atoms with Crippen molar-refractivity contribution in [2.45, 2.75) is 0 Å². The molecule has 0 amide bonds. The number of thiazole rings is 1. The van der Waals surface area contributed by atoms with Crippen LogP contribution in [0.3, 0.4) is 0 Å². The zero-order chi connectivity index (χ0) is 5.98. The third-order valence-electron chi connectivity index (χ3n) is 0.716. The van der Waals surface area contributed by atoms with Gasteiger partial charge in [-0.15, -0.1) is 0 Å². The molecule has 0 fully saturated rings. The van der Waals surface area contributed by atoms with E-state index in [4.69, 9.17) is 5.73 Å². The highest BCUT2D eigenvalue weighted by atomic mass is 32.1. The molecule has 2 nitrogen and oxygen atoms in total. The third kappa shape index (κ3) is 0.869. The van der Waals surface area contributed by atoms with E-state index < -0.39 is 0 Å². The summed E-state index contributed by atoms with van der Waals surface area (Å²) in [5, 5.41) is 1.61. The molecule has 0 aromatic carbocycles. The first-order chi connectivity index (χ1) is 3.83. The molecule has 1 aromatic heterocycles. The molecule has 0 saturated heterocycles. The summed E-state index contributed by atoms with van der Waals surface area (Å²) in [6, 6.07) is 0. The lowest BCUT2D eigenvalue weighted by Gasteiger charge is -1.72. The van der Waals surface area contributed by atoms with Crippen molar-refractivity contribution in [3.05, 3.63) is 17.8 Å². The Bertz CT molecular complexity index is 192. The number of aromatic nitrogens is 1. The Morgan fingerprint density at radius 1 is 1.88 bits per heavy atom. The number of hydrogen-bond donors (Lipinski definition) is 1. The second-order valence-corrected chi connectivity index (χ2v) is 2.40. The van der Waals surface area contributed by atoms with Crippen LogP contribution < -0.4 is 5.73 Å². The molecule has 0 aliphatic heterocycles. The lowest BCUT2D eigenvalue weighted by Crippen LogP contribution is -1.73. The first-order valence-electron chi connectivity index (χ1n) is 2.16. The predicted molar refractivity (Wildman–Crippen MR) is 36.6 cm³/mol. The summed E-state index contributed by atoms with van der Waals surface area (Å²) >= 11 is 1.44. The maximum absolute atomic E-state index is 5.36. The molecule has 0 saturated carbocycles. The first-order valence-corrected chi connectivity index (χ1v) is 2.98. The zero-order valence-corrected chi connectivity index (χ0v) is 5.11. The topological polar surface area (TPSA) is 38.9 Å². The lowest BCUT2D eigenvalue weighted by atomic mass is 10.7. The number of nitrogens with zero attached hydrogens (tertiary/aromatic N) is 1. The quantitative estimate of drug-likeness (QED) is 0.617. The van der Waals surface area contributed by atoms with Gasteiger partial charge in [-0.25, -0.2) is 4.98 Å². The Kier molecular flexibility index (Phi) is 1.30. The van der Waals surface area contributed by atoms with Crippen LogP contribution in [0, 0.1) is 0 Å². The highest BCUT2D eigenvalue weighted by molar-refractivity contribution is 7.16. The van der Waals surface area contributed by atoms with Crippen molar-refractivity contribution < 1.29 is 0 Å². The van der Waals surface area contributed by atoms with Gasteiger partial charge in [0.15, 0.2) is 0 Å². The maximum atomic E-state index is 5.36. The minimum atomic E-state index is 0.736. The molecular weight excluding hydrogens is 120 g/mol. The predicted octanol–water partition coefficient (Wildman–Crippen LogP) is 1.37. The monoisotopic (exact) mass is 126 g/mol. The standard InChI is InChI=1S/C5H6N2S/c1-2-5-7-3-4(6)8-5/h2-3H,1,6H2. The third-order valence-corrected chi connectivity index (χ3v) is 1.54. The number of hydrogen-bond acceptors (Lipinski definition) is 3. The van der Waals surface area contributed by atoms with Gasteiger partial charge in [-0.2, -0.15) is 0 Å². The van der Waals surface area contributed by atoms with Crippen LogP contribution in [-0.4, -0.2) is 4.98 Å². The second kappa shape index (κ2) is 1.96. The Morgan fingerprint density at radius 3 is 2.88 bits per heavy atom. The van der Waals surface area contributed by atoms with Crippen molar-refractivity contribution in [2.75, 3.05) is 5.73 Å². The van der Waals surface area contributed by atoms with Gasteiger partial charge in [0.25, 0.3) is 0 Å². The largest absolute Gasteiger partial charge is 0.389 e. The minimum Gasteiger partial charge on any atom is -0.389 e. The number of nitrogens with two attached hydrogens (primary N) is 1. The molecule has 8 heavy (non-hydrogen) atoms. The lowest BCUT2D eigenvalue weighted by molar-refractivity contribution is 1.40. The van der Waals surface area contributed by atoms with E-state index in [2.05, 4.69) is 11.6 Å². The SMILES string of the molecule is C=Cc1ncc(N)s1. The van der Waals surface area contributed by atoms with Crippen molar-refractivity contribution in [2.24, 2.45) is 0 Å². The Hall–Kier alpha value is -0.830. The van der Waals surface area contributed by atoms with Gasteiger partial charge in [-0.05, 0) is 6.08 Å². The summed E-state index contributed by atoms with van der Waals surface area (Å²) in [7, 11) is 0. The van der Waals surface area contributed by atoms with E-state index >= 15 is 0 Å². The molecule has 2 N–H and O–H groups in total. The maximum Gasteiger partial charge on any atom is 0.117 e. The van der Waals surface area contributed by atoms with Gasteiger partial charge in [-0.3, -0.25) is 0 Å². The average Bonchev–Trinajstić information content (AvgIpc) is 2.14. The fraction of sp³-hybridized carbons (Fsp3) is 0. The van der Waals surface area contributed by atoms with Crippen LogP contribution in [0.15, 0.2) is 12.8 Å². The van der Waals surface area contributed by atoms with Crippen LogP contribution in [0.25, 0.3) is 6.08 Å². The van der Waals surface area contributed by atoms with Gasteiger partial charge >= 0.3 is 0 Å². The molecule has 0 radical (unpaired) electrons. The van der Waals surface area contributed by atoms with Gasteiger partial charge in [0.2, 0.25) is 0 Å². The van der Waals surface area contributed by atoms with E-state index in [1.54, 1.807) is 12.3 Å². The smallest absolute Gasteiger partial charge is 0.117 e. The van der Waals surface area contributed by atoms with E-state index in [1.807, 2.05) is 0 Å². The number of nitrogen functional groups attached to an aromatic ring is 1. The number of anilines is 1. The molecule has 0 bridgehead atoms. The van der Waals surface area contributed by atoms with Crippen LogP contribution >= 0.6 is 11.3 Å². The summed E-state index contributed by atoms with van der Waals surface area (Å²) in [4.78, 5) is 3.91. The zero-order valence-electron chi connectivity index (χ0n) is 4.29. The molecule has 1 aromatic rings. The van der Waals surface area contributed by atoms with Gasteiger partial charge in [0.05, 0.1) is 6.20 Å². The first kappa shape index (κ1) is 5.31. The van der Waals surface area contributed by atoms with Gasteiger partial charge < -0.3 is 5.73 Å². The summed E-state index contributed by atoms with van der Waals surface area (Å²) in [5.74, 6) is 0. The highest BCUT2D eigenvalue weighted by Gasteiger charge is 1.89. The highest BCUT2D eigenvalue weighted by Crippen LogP contribution is 2.14. The van der Waals surface area contributed by atoms with E-state index in [9.17, 15) is 0 Å².